The van der Waals surface area contributed by atoms with E-state index in [-0.39, 0.29) is 11.2 Å². The molecule has 0 spiro atoms. The summed E-state index contributed by atoms with van der Waals surface area (Å²) in [6.07, 6.45) is 0. The van der Waals surface area contributed by atoms with E-state index in [1.54, 1.807) is 26.1 Å². The minimum atomic E-state index is -0.274. The van der Waals surface area contributed by atoms with Crippen molar-refractivity contribution < 1.29 is 13.9 Å². The molecule has 6 nitrogen and oxygen atoms in total. The van der Waals surface area contributed by atoms with Crippen LogP contribution < -0.4 is 4.74 Å². The predicted molar refractivity (Wildman–Crippen MR) is 80.3 cm³/mol. The van der Waals surface area contributed by atoms with Gasteiger partial charge in [0.2, 0.25) is 11.8 Å². The Morgan fingerprint density at radius 1 is 1.29 bits per heavy atom. The molecule has 0 fully saturated rings. The van der Waals surface area contributed by atoms with Crippen molar-refractivity contribution in [2.24, 2.45) is 0 Å². The van der Waals surface area contributed by atoms with E-state index >= 15 is 0 Å². The molecule has 0 aliphatic heterocycles. The normalized spacial score (nSPS) is 12.0. The first-order valence-corrected chi connectivity index (χ1v) is 7.25. The van der Waals surface area contributed by atoms with Gasteiger partial charge in [0.05, 0.1) is 12.4 Å². The molecule has 0 N–H and O–H groups in total. The molecule has 1 heterocycles. The average Bonchev–Trinajstić information content (AvgIpc) is 2.94. The van der Waals surface area contributed by atoms with Crippen LogP contribution in [0.5, 0.6) is 5.75 Å². The first kappa shape index (κ1) is 15.4. The Hall–Kier alpha value is -2.02. The molecular weight excluding hydrogens is 290 g/mol. The predicted octanol–water partition coefficient (Wildman–Crippen LogP) is 2.31. The van der Waals surface area contributed by atoms with E-state index < -0.39 is 0 Å². The van der Waals surface area contributed by atoms with Crippen LogP contribution in [0.1, 0.15) is 6.92 Å². The van der Waals surface area contributed by atoms with Gasteiger partial charge in [-0.05, 0) is 31.2 Å². The smallest absolute Gasteiger partial charge is 0.277 e. The van der Waals surface area contributed by atoms with Crippen molar-refractivity contribution in [1.29, 1.82) is 0 Å². The van der Waals surface area contributed by atoms with Crippen LogP contribution in [0.3, 0.4) is 0 Å². The van der Waals surface area contributed by atoms with Crippen LogP contribution in [0.2, 0.25) is 0 Å². The standard InChI is InChI=1S/C14H17N3O3S/c1-9(13(18)17(2)3)21-14-16-15-12(20-14)10-5-7-11(19-4)8-6-10/h5-9H,1-4H3. The molecule has 1 aromatic carbocycles. The van der Waals surface area contributed by atoms with Gasteiger partial charge < -0.3 is 14.1 Å². The second kappa shape index (κ2) is 6.62. The van der Waals surface area contributed by atoms with Gasteiger partial charge in [-0.2, -0.15) is 0 Å². The van der Waals surface area contributed by atoms with Gasteiger partial charge in [-0.15, -0.1) is 10.2 Å². The largest absolute Gasteiger partial charge is 0.497 e. The van der Waals surface area contributed by atoms with E-state index in [2.05, 4.69) is 10.2 Å². The quantitative estimate of drug-likeness (QED) is 0.790. The molecule has 0 aliphatic carbocycles. The summed E-state index contributed by atoms with van der Waals surface area (Å²) in [5.41, 5.74) is 0.807. The molecule has 0 saturated heterocycles. The molecule has 0 saturated carbocycles. The van der Waals surface area contributed by atoms with Crippen molar-refractivity contribution in [3.63, 3.8) is 0 Å². The van der Waals surface area contributed by atoms with E-state index in [1.807, 2.05) is 31.2 Å². The van der Waals surface area contributed by atoms with E-state index in [0.29, 0.717) is 11.1 Å². The van der Waals surface area contributed by atoms with Gasteiger partial charge in [0.15, 0.2) is 0 Å². The molecule has 21 heavy (non-hydrogen) atoms. The highest BCUT2D eigenvalue weighted by molar-refractivity contribution is 8.00. The maximum Gasteiger partial charge on any atom is 0.277 e. The number of benzene rings is 1. The van der Waals surface area contributed by atoms with Crippen LogP contribution in [0, 0.1) is 0 Å². The third-order valence-electron chi connectivity index (χ3n) is 2.81. The minimum absolute atomic E-state index is 0.00389. The molecule has 0 aliphatic rings. The van der Waals surface area contributed by atoms with Crippen molar-refractivity contribution in [3.8, 4) is 17.2 Å². The Morgan fingerprint density at radius 2 is 1.95 bits per heavy atom. The summed E-state index contributed by atoms with van der Waals surface area (Å²) >= 11 is 1.25. The summed E-state index contributed by atoms with van der Waals surface area (Å²) in [4.78, 5) is 13.3. The van der Waals surface area contributed by atoms with Crippen molar-refractivity contribution >= 4 is 17.7 Å². The number of rotatable bonds is 5. The fourth-order valence-corrected chi connectivity index (χ4v) is 2.50. The number of hydrogen-bond donors (Lipinski definition) is 0. The lowest BCUT2D eigenvalue weighted by atomic mass is 10.2. The van der Waals surface area contributed by atoms with E-state index in [4.69, 9.17) is 9.15 Å². The molecule has 1 atom stereocenters. The SMILES string of the molecule is COc1ccc(-c2nnc(SC(C)C(=O)N(C)C)o2)cc1. The summed E-state index contributed by atoms with van der Waals surface area (Å²) in [6, 6.07) is 7.33. The second-order valence-electron chi connectivity index (χ2n) is 4.59. The third-order valence-corrected chi connectivity index (χ3v) is 3.73. The molecule has 0 bridgehead atoms. The van der Waals surface area contributed by atoms with Crippen molar-refractivity contribution in [2.75, 3.05) is 21.2 Å². The molecule has 0 radical (unpaired) electrons. The number of hydrogen-bond acceptors (Lipinski definition) is 6. The minimum Gasteiger partial charge on any atom is -0.497 e. The zero-order chi connectivity index (χ0) is 15.4. The van der Waals surface area contributed by atoms with Gasteiger partial charge in [-0.1, -0.05) is 11.8 Å². The van der Waals surface area contributed by atoms with Crippen LogP contribution in [0.15, 0.2) is 33.9 Å². The fourth-order valence-electron chi connectivity index (χ4n) is 1.67. The highest BCUT2D eigenvalue weighted by atomic mass is 32.2. The Bertz CT molecular complexity index is 610. The van der Waals surface area contributed by atoms with Crippen LogP contribution in [0.4, 0.5) is 0 Å². The molecule has 1 amide bonds. The topological polar surface area (TPSA) is 68.5 Å². The third kappa shape index (κ3) is 3.75. The summed E-state index contributed by atoms with van der Waals surface area (Å²) in [5, 5.41) is 8.06. The Morgan fingerprint density at radius 3 is 2.52 bits per heavy atom. The van der Waals surface area contributed by atoms with Gasteiger partial charge in [0, 0.05) is 19.7 Å². The van der Waals surface area contributed by atoms with Crippen LogP contribution >= 0.6 is 11.8 Å². The fraction of sp³-hybridized carbons (Fsp3) is 0.357. The zero-order valence-electron chi connectivity index (χ0n) is 12.4. The lowest BCUT2D eigenvalue weighted by Gasteiger charge is -2.14. The molecule has 2 aromatic rings. The summed E-state index contributed by atoms with van der Waals surface area (Å²) in [6.45, 7) is 1.81. The number of methoxy groups -OCH3 is 1. The van der Waals surface area contributed by atoms with Crippen molar-refractivity contribution in [1.82, 2.24) is 15.1 Å². The first-order chi connectivity index (χ1) is 10.0. The zero-order valence-corrected chi connectivity index (χ0v) is 13.2. The number of thioether (sulfide) groups is 1. The number of aromatic nitrogens is 2. The second-order valence-corrected chi connectivity index (χ2v) is 5.89. The van der Waals surface area contributed by atoms with Gasteiger partial charge >= 0.3 is 0 Å². The molecule has 112 valence electrons. The van der Waals surface area contributed by atoms with E-state index in [1.165, 1.54) is 11.8 Å². The molecular formula is C14H17N3O3S. The highest BCUT2D eigenvalue weighted by Crippen LogP contribution is 2.27. The maximum absolute atomic E-state index is 11.8. The highest BCUT2D eigenvalue weighted by Gasteiger charge is 2.19. The number of nitrogens with zero attached hydrogens (tertiary/aromatic N) is 3. The Labute approximate surface area is 127 Å². The lowest BCUT2D eigenvalue weighted by molar-refractivity contribution is -0.127. The van der Waals surface area contributed by atoms with E-state index in [0.717, 1.165) is 11.3 Å². The molecule has 1 unspecified atom stereocenters. The average molecular weight is 307 g/mol. The first-order valence-electron chi connectivity index (χ1n) is 6.37. The van der Waals surface area contributed by atoms with Gasteiger partial charge in [0.1, 0.15) is 5.75 Å². The van der Waals surface area contributed by atoms with Crippen molar-refractivity contribution in [2.45, 2.75) is 17.4 Å². The summed E-state index contributed by atoms with van der Waals surface area (Å²) in [7, 11) is 5.05. The number of carbonyl (C=O) groups excluding carboxylic acids is 1. The van der Waals surface area contributed by atoms with Gasteiger partial charge in [0.25, 0.3) is 5.22 Å². The van der Waals surface area contributed by atoms with E-state index in [9.17, 15) is 4.79 Å². The lowest BCUT2D eigenvalue weighted by Crippen LogP contribution is -2.29. The van der Waals surface area contributed by atoms with Gasteiger partial charge in [-0.25, -0.2) is 0 Å². The van der Waals surface area contributed by atoms with Crippen LogP contribution in [-0.2, 0) is 4.79 Å². The molecule has 2 rings (SSSR count). The molecule has 7 heteroatoms. The Kier molecular flexibility index (Phi) is 4.85. The monoisotopic (exact) mass is 307 g/mol. The summed E-state index contributed by atoms with van der Waals surface area (Å²) in [5.74, 6) is 1.19. The number of amides is 1. The van der Waals surface area contributed by atoms with Crippen LogP contribution in [0.25, 0.3) is 11.5 Å². The number of carbonyl (C=O) groups is 1. The Balaban J connectivity index is 2.08. The van der Waals surface area contributed by atoms with Crippen LogP contribution in [-0.4, -0.2) is 47.5 Å². The van der Waals surface area contributed by atoms with Gasteiger partial charge in [-0.3, -0.25) is 4.79 Å². The maximum atomic E-state index is 11.8. The van der Waals surface area contributed by atoms with Crippen molar-refractivity contribution in [3.05, 3.63) is 24.3 Å². The number of ether oxygens (including phenoxy) is 1. The summed E-state index contributed by atoms with van der Waals surface area (Å²) < 4.78 is 10.7. The molecule has 1 aromatic heterocycles.